The van der Waals surface area contributed by atoms with Crippen LogP contribution >= 0.6 is 0 Å². The summed E-state index contributed by atoms with van der Waals surface area (Å²) in [4.78, 5) is 0. The second-order valence-corrected chi connectivity index (χ2v) is 5.33. The van der Waals surface area contributed by atoms with Gasteiger partial charge in [0.2, 0.25) is 0 Å². The first-order valence-corrected chi connectivity index (χ1v) is 6.91. The molecule has 0 bridgehead atoms. The normalized spacial score (nSPS) is 17.4. The van der Waals surface area contributed by atoms with Gasteiger partial charge in [0.15, 0.2) is 0 Å². The van der Waals surface area contributed by atoms with Crippen LogP contribution in [0.15, 0.2) is 0 Å². The van der Waals surface area contributed by atoms with E-state index in [0.29, 0.717) is 6.04 Å². The maximum atomic E-state index is 4.68. The fourth-order valence-electron chi connectivity index (χ4n) is 2.35. The van der Waals surface area contributed by atoms with Crippen molar-refractivity contribution in [2.75, 3.05) is 6.54 Å². The smallest absolute Gasteiger partial charge is 0.0629 e. The third-order valence-electron chi connectivity index (χ3n) is 3.87. The van der Waals surface area contributed by atoms with Crippen LogP contribution in [0, 0.1) is 13.8 Å². The lowest BCUT2D eigenvalue weighted by Gasteiger charge is -2.12. The molecule has 1 aliphatic carbocycles. The Morgan fingerprint density at radius 2 is 2.12 bits per heavy atom. The Bertz CT molecular complexity index is 377. The fourth-order valence-corrected chi connectivity index (χ4v) is 2.35. The van der Waals surface area contributed by atoms with Gasteiger partial charge in [0.05, 0.1) is 5.69 Å². The Labute approximate surface area is 105 Å². The SMILES string of the molecule is CCC(C)n1nc(C)c(CCNC2CC2)c1C. The molecular weight excluding hydrogens is 210 g/mol. The zero-order chi connectivity index (χ0) is 12.4. The van der Waals surface area contributed by atoms with Crippen molar-refractivity contribution in [3.05, 3.63) is 17.0 Å². The van der Waals surface area contributed by atoms with Crippen LogP contribution in [0.1, 0.15) is 56.1 Å². The summed E-state index contributed by atoms with van der Waals surface area (Å²) in [6, 6.07) is 1.32. The number of nitrogens with one attached hydrogen (secondary N) is 1. The summed E-state index contributed by atoms with van der Waals surface area (Å²) in [6.45, 7) is 9.90. The van der Waals surface area contributed by atoms with Crippen molar-refractivity contribution in [3.63, 3.8) is 0 Å². The third-order valence-corrected chi connectivity index (χ3v) is 3.87. The molecule has 1 heterocycles. The average molecular weight is 235 g/mol. The third kappa shape index (κ3) is 2.89. The lowest BCUT2D eigenvalue weighted by Crippen LogP contribution is -2.19. The second kappa shape index (κ2) is 5.21. The summed E-state index contributed by atoms with van der Waals surface area (Å²) in [5, 5.41) is 8.26. The first kappa shape index (κ1) is 12.6. The van der Waals surface area contributed by atoms with E-state index < -0.39 is 0 Å². The van der Waals surface area contributed by atoms with Gasteiger partial charge in [0.1, 0.15) is 0 Å². The minimum absolute atomic E-state index is 0.513. The highest BCUT2D eigenvalue weighted by Crippen LogP contribution is 2.21. The monoisotopic (exact) mass is 235 g/mol. The van der Waals surface area contributed by atoms with E-state index in [1.807, 2.05) is 0 Å². The van der Waals surface area contributed by atoms with E-state index in [2.05, 4.69) is 42.8 Å². The van der Waals surface area contributed by atoms with Crippen LogP contribution in [0.5, 0.6) is 0 Å². The lowest BCUT2D eigenvalue weighted by molar-refractivity contribution is 0.464. The number of aromatic nitrogens is 2. The van der Waals surface area contributed by atoms with Crippen LogP contribution in [0.4, 0.5) is 0 Å². The summed E-state index contributed by atoms with van der Waals surface area (Å²) in [6.07, 6.45) is 4.99. The Morgan fingerprint density at radius 3 is 2.71 bits per heavy atom. The molecule has 1 saturated carbocycles. The number of nitrogens with zero attached hydrogens (tertiary/aromatic N) is 2. The topological polar surface area (TPSA) is 29.9 Å². The quantitative estimate of drug-likeness (QED) is 0.821. The van der Waals surface area contributed by atoms with Crippen LogP contribution in [-0.4, -0.2) is 22.4 Å². The molecule has 1 aromatic heterocycles. The Kier molecular flexibility index (Phi) is 3.87. The molecule has 96 valence electrons. The summed E-state index contributed by atoms with van der Waals surface area (Å²) >= 11 is 0. The molecule has 0 radical (unpaired) electrons. The van der Waals surface area contributed by atoms with Crippen LogP contribution in [0.3, 0.4) is 0 Å². The van der Waals surface area contributed by atoms with Crippen molar-refractivity contribution in [3.8, 4) is 0 Å². The standard InChI is InChI=1S/C14H25N3/c1-5-10(2)17-12(4)14(11(3)16-17)8-9-15-13-6-7-13/h10,13,15H,5-9H2,1-4H3. The highest BCUT2D eigenvalue weighted by atomic mass is 15.3. The Balaban J connectivity index is 2.01. The molecule has 0 saturated heterocycles. The van der Waals surface area contributed by atoms with E-state index in [0.717, 1.165) is 25.4 Å². The number of rotatable bonds is 6. The van der Waals surface area contributed by atoms with Gasteiger partial charge < -0.3 is 5.32 Å². The molecule has 1 aliphatic rings. The van der Waals surface area contributed by atoms with Gasteiger partial charge in [-0.3, -0.25) is 4.68 Å². The van der Waals surface area contributed by atoms with Gasteiger partial charge in [0.25, 0.3) is 0 Å². The zero-order valence-electron chi connectivity index (χ0n) is 11.6. The maximum Gasteiger partial charge on any atom is 0.0629 e. The van der Waals surface area contributed by atoms with Crippen molar-refractivity contribution >= 4 is 0 Å². The molecule has 0 aliphatic heterocycles. The van der Waals surface area contributed by atoms with Crippen molar-refractivity contribution < 1.29 is 0 Å². The van der Waals surface area contributed by atoms with E-state index in [-0.39, 0.29) is 0 Å². The zero-order valence-corrected chi connectivity index (χ0v) is 11.6. The molecule has 0 aromatic carbocycles. The molecule has 3 nitrogen and oxygen atoms in total. The Hall–Kier alpha value is -0.830. The predicted octanol–water partition coefficient (Wildman–Crippen LogP) is 2.77. The molecule has 1 N–H and O–H groups in total. The molecule has 3 heteroatoms. The largest absolute Gasteiger partial charge is 0.314 e. The Morgan fingerprint density at radius 1 is 1.41 bits per heavy atom. The van der Waals surface area contributed by atoms with Gasteiger partial charge in [-0.1, -0.05) is 6.92 Å². The van der Waals surface area contributed by atoms with Gasteiger partial charge in [-0.25, -0.2) is 0 Å². The fraction of sp³-hybridized carbons (Fsp3) is 0.786. The van der Waals surface area contributed by atoms with Crippen LogP contribution in [0.2, 0.25) is 0 Å². The summed E-state index contributed by atoms with van der Waals surface area (Å²) in [5.41, 5.74) is 4.01. The molecule has 17 heavy (non-hydrogen) atoms. The van der Waals surface area contributed by atoms with Gasteiger partial charge in [0, 0.05) is 17.8 Å². The summed E-state index contributed by atoms with van der Waals surface area (Å²) < 4.78 is 2.20. The molecule has 0 spiro atoms. The van der Waals surface area contributed by atoms with Crippen molar-refractivity contribution in [2.24, 2.45) is 0 Å². The maximum absolute atomic E-state index is 4.68. The van der Waals surface area contributed by atoms with E-state index >= 15 is 0 Å². The van der Waals surface area contributed by atoms with Crippen molar-refractivity contribution in [1.82, 2.24) is 15.1 Å². The van der Waals surface area contributed by atoms with Crippen LogP contribution < -0.4 is 5.32 Å². The molecule has 1 unspecified atom stereocenters. The first-order chi connectivity index (χ1) is 8.13. The van der Waals surface area contributed by atoms with Crippen LogP contribution in [-0.2, 0) is 6.42 Å². The number of hydrogen-bond donors (Lipinski definition) is 1. The molecule has 1 aromatic rings. The van der Waals surface area contributed by atoms with Crippen LogP contribution in [0.25, 0.3) is 0 Å². The number of hydrogen-bond acceptors (Lipinski definition) is 2. The number of aryl methyl sites for hydroxylation is 1. The molecule has 1 atom stereocenters. The highest BCUT2D eigenvalue weighted by molar-refractivity contribution is 5.25. The minimum Gasteiger partial charge on any atom is -0.314 e. The van der Waals surface area contributed by atoms with E-state index in [9.17, 15) is 0 Å². The summed E-state index contributed by atoms with van der Waals surface area (Å²) in [5.74, 6) is 0. The van der Waals surface area contributed by atoms with Gasteiger partial charge in [-0.2, -0.15) is 5.10 Å². The molecular formula is C14H25N3. The molecule has 2 rings (SSSR count). The molecule has 0 amide bonds. The average Bonchev–Trinajstić information content (AvgIpc) is 3.09. The minimum atomic E-state index is 0.513. The van der Waals surface area contributed by atoms with Gasteiger partial charge >= 0.3 is 0 Å². The summed E-state index contributed by atoms with van der Waals surface area (Å²) in [7, 11) is 0. The second-order valence-electron chi connectivity index (χ2n) is 5.33. The van der Waals surface area contributed by atoms with Gasteiger partial charge in [-0.05, 0) is 58.6 Å². The highest BCUT2D eigenvalue weighted by Gasteiger charge is 2.20. The van der Waals surface area contributed by atoms with Gasteiger partial charge in [-0.15, -0.1) is 0 Å². The lowest BCUT2D eigenvalue weighted by atomic mass is 10.1. The van der Waals surface area contributed by atoms with E-state index in [1.54, 1.807) is 0 Å². The van der Waals surface area contributed by atoms with E-state index in [1.165, 1.54) is 29.8 Å². The van der Waals surface area contributed by atoms with E-state index in [4.69, 9.17) is 0 Å². The predicted molar refractivity (Wildman–Crippen MR) is 71.4 cm³/mol. The van der Waals surface area contributed by atoms with Crippen molar-refractivity contribution in [1.29, 1.82) is 0 Å². The molecule has 1 fully saturated rings. The van der Waals surface area contributed by atoms with Crippen molar-refractivity contribution in [2.45, 2.75) is 65.5 Å². The first-order valence-electron chi connectivity index (χ1n) is 6.91.